The predicted molar refractivity (Wildman–Crippen MR) is 63.0 cm³/mol. The highest BCUT2D eigenvalue weighted by Gasteiger charge is 2.08. The fourth-order valence-corrected chi connectivity index (χ4v) is 1.61. The van der Waals surface area contributed by atoms with Crippen LogP contribution >= 0.6 is 0 Å². The largest absolute Gasteiger partial charge is 0.382 e. The summed E-state index contributed by atoms with van der Waals surface area (Å²) in [5.74, 6) is 2.11. The molecule has 6 heteroatoms. The fourth-order valence-electron chi connectivity index (χ4n) is 1.61. The molecule has 6 nitrogen and oxygen atoms in total. The van der Waals surface area contributed by atoms with E-state index in [1.807, 2.05) is 17.7 Å². The van der Waals surface area contributed by atoms with E-state index >= 15 is 0 Å². The lowest BCUT2D eigenvalue weighted by Gasteiger charge is -2.14. The lowest BCUT2D eigenvalue weighted by Crippen LogP contribution is -2.22. The molecule has 0 spiro atoms. The lowest BCUT2D eigenvalue weighted by molar-refractivity contribution is 0.617. The van der Waals surface area contributed by atoms with Crippen LogP contribution in [0.3, 0.4) is 0 Å². The van der Waals surface area contributed by atoms with Gasteiger partial charge in [0.1, 0.15) is 11.6 Å². The quantitative estimate of drug-likeness (QED) is 0.717. The maximum Gasteiger partial charge on any atom is 0.169 e. The predicted octanol–water partition coefficient (Wildman–Crippen LogP) is 0.997. The normalized spacial score (nSPS) is 12.6. The minimum absolute atomic E-state index is 0.235. The minimum atomic E-state index is 0.235. The van der Waals surface area contributed by atoms with Gasteiger partial charge in [0, 0.05) is 25.0 Å². The zero-order chi connectivity index (χ0) is 11.5. The molecule has 0 aliphatic rings. The van der Waals surface area contributed by atoms with Crippen LogP contribution in [0.5, 0.6) is 0 Å². The topological polar surface area (TPSA) is 84.6 Å². The number of hydrogen-bond acceptors (Lipinski definition) is 4. The first-order chi connectivity index (χ1) is 7.65. The fraction of sp³-hybridized carbons (Fsp3) is 0.400. The molecule has 1 unspecified atom stereocenters. The molecule has 4 N–H and O–H groups in total. The van der Waals surface area contributed by atoms with Crippen molar-refractivity contribution in [3.8, 4) is 0 Å². The van der Waals surface area contributed by atoms with Crippen molar-refractivity contribution in [3.05, 3.63) is 24.5 Å². The second kappa shape index (κ2) is 4.26. The summed E-state index contributed by atoms with van der Waals surface area (Å²) in [5, 5.41) is 3.25. The zero-order valence-corrected chi connectivity index (χ0v) is 9.44. The van der Waals surface area contributed by atoms with Crippen molar-refractivity contribution < 1.29 is 0 Å². The number of aromatic amines is 1. The van der Waals surface area contributed by atoms with E-state index < -0.39 is 0 Å². The Balaban J connectivity index is 1.97. The average molecular weight is 220 g/mol. The number of nitrogens with one attached hydrogen (secondary N) is 2. The highest BCUT2D eigenvalue weighted by molar-refractivity contribution is 5.57. The summed E-state index contributed by atoms with van der Waals surface area (Å²) in [6.07, 6.45) is 5.48. The Bertz CT molecular complexity index is 444. The van der Waals surface area contributed by atoms with Crippen molar-refractivity contribution in [1.29, 1.82) is 0 Å². The van der Waals surface area contributed by atoms with Gasteiger partial charge in [0.15, 0.2) is 5.82 Å². The molecular weight excluding hydrogens is 204 g/mol. The van der Waals surface area contributed by atoms with Crippen LogP contribution in [0.1, 0.15) is 12.7 Å². The van der Waals surface area contributed by atoms with Crippen molar-refractivity contribution in [2.24, 2.45) is 0 Å². The molecule has 0 aliphatic carbocycles. The number of aromatic nitrogens is 4. The first-order valence-electron chi connectivity index (χ1n) is 5.19. The Morgan fingerprint density at radius 3 is 3.00 bits per heavy atom. The molecule has 2 aromatic rings. The van der Waals surface area contributed by atoms with E-state index in [2.05, 4.69) is 27.2 Å². The molecule has 1 atom stereocenters. The van der Waals surface area contributed by atoms with Gasteiger partial charge in [-0.2, -0.15) is 0 Å². The van der Waals surface area contributed by atoms with Crippen LogP contribution in [0.25, 0.3) is 0 Å². The van der Waals surface area contributed by atoms with Crippen LogP contribution < -0.4 is 11.1 Å². The van der Waals surface area contributed by atoms with Gasteiger partial charge in [0.05, 0.1) is 6.33 Å². The number of anilines is 2. The molecule has 0 aromatic carbocycles. The standard InChI is InChI=1S/C10H16N6/c1-7(5-16-4-3-12-6-16)13-10-9(11)14-8(2)15-10/h3-4,6-7,13H,5,11H2,1-2H3,(H,14,15). The van der Waals surface area contributed by atoms with Crippen LogP contribution in [0.15, 0.2) is 18.7 Å². The first-order valence-corrected chi connectivity index (χ1v) is 5.19. The van der Waals surface area contributed by atoms with Crippen molar-refractivity contribution >= 4 is 11.6 Å². The zero-order valence-electron chi connectivity index (χ0n) is 9.44. The number of aryl methyl sites for hydroxylation is 1. The maximum absolute atomic E-state index is 5.76. The maximum atomic E-state index is 5.76. The summed E-state index contributed by atoms with van der Waals surface area (Å²) in [7, 11) is 0. The van der Waals surface area contributed by atoms with Gasteiger partial charge in [0.25, 0.3) is 0 Å². The third-order valence-electron chi connectivity index (χ3n) is 2.28. The second-order valence-electron chi connectivity index (χ2n) is 3.89. The molecule has 2 aromatic heterocycles. The molecule has 16 heavy (non-hydrogen) atoms. The number of nitrogens with zero attached hydrogens (tertiary/aromatic N) is 3. The van der Waals surface area contributed by atoms with Gasteiger partial charge in [-0.25, -0.2) is 9.97 Å². The van der Waals surface area contributed by atoms with E-state index in [-0.39, 0.29) is 6.04 Å². The number of imidazole rings is 2. The molecule has 0 amide bonds. The molecule has 0 saturated carbocycles. The number of rotatable bonds is 4. The van der Waals surface area contributed by atoms with Gasteiger partial charge in [-0.3, -0.25) is 0 Å². The van der Waals surface area contributed by atoms with Gasteiger partial charge in [0.2, 0.25) is 0 Å². The van der Waals surface area contributed by atoms with Crippen LogP contribution in [-0.4, -0.2) is 25.6 Å². The van der Waals surface area contributed by atoms with Gasteiger partial charge in [-0.15, -0.1) is 0 Å². The molecule has 2 heterocycles. The molecule has 0 bridgehead atoms. The smallest absolute Gasteiger partial charge is 0.169 e. The highest BCUT2D eigenvalue weighted by atomic mass is 15.1. The van der Waals surface area contributed by atoms with E-state index in [0.717, 1.165) is 12.4 Å². The Hall–Kier alpha value is -1.98. The number of hydrogen-bond donors (Lipinski definition) is 3. The van der Waals surface area contributed by atoms with E-state index in [1.165, 1.54) is 0 Å². The molecule has 0 fully saturated rings. The molecule has 0 saturated heterocycles. The lowest BCUT2D eigenvalue weighted by atomic mass is 10.3. The third kappa shape index (κ3) is 2.33. The molecule has 0 radical (unpaired) electrons. The number of nitrogens with two attached hydrogens (primary N) is 1. The van der Waals surface area contributed by atoms with E-state index in [1.54, 1.807) is 12.5 Å². The summed E-state index contributed by atoms with van der Waals surface area (Å²) in [5.41, 5.74) is 5.76. The summed E-state index contributed by atoms with van der Waals surface area (Å²) in [6, 6.07) is 0.235. The Morgan fingerprint density at radius 2 is 2.44 bits per heavy atom. The van der Waals surface area contributed by atoms with Crippen molar-refractivity contribution in [2.75, 3.05) is 11.1 Å². The summed E-state index contributed by atoms with van der Waals surface area (Å²) >= 11 is 0. The van der Waals surface area contributed by atoms with Gasteiger partial charge in [-0.1, -0.05) is 0 Å². The van der Waals surface area contributed by atoms with Crippen molar-refractivity contribution in [3.63, 3.8) is 0 Å². The summed E-state index contributed by atoms with van der Waals surface area (Å²) in [6.45, 7) is 4.77. The third-order valence-corrected chi connectivity index (χ3v) is 2.28. The van der Waals surface area contributed by atoms with E-state index in [4.69, 9.17) is 5.73 Å². The first kappa shape index (κ1) is 10.5. The highest BCUT2D eigenvalue weighted by Crippen LogP contribution is 2.15. The van der Waals surface area contributed by atoms with Crippen LogP contribution in [-0.2, 0) is 6.54 Å². The molecule has 2 rings (SSSR count). The average Bonchev–Trinajstić information content (AvgIpc) is 2.78. The van der Waals surface area contributed by atoms with Crippen molar-refractivity contribution in [1.82, 2.24) is 19.5 Å². The number of nitrogen functional groups attached to an aromatic ring is 1. The van der Waals surface area contributed by atoms with E-state index in [9.17, 15) is 0 Å². The van der Waals surface area contributed by atoms with E-state index in [0.29, 0.717) is 11.6 Å². The summed E-state index contributed by atoms with van der Waals surface area (Å²) in [4.78, 5) is 11.2. The SMILES string of the molecule is Cc1nc(NC(C)Cn2ccnc2)c(N)[nH]1. The Kier molecular flexibility index (Phi) is 2.80. The Labute approximate surface area is 93.9 Å². The minimum Gasteiger partial charge on any atom is -0.382 e. The van der Waals surface area contributed by atoms with Crippen LogP contribution in [0, 0.1) is 6.92 Å². The van der Waals surface area contributed by atoms with Crippen LogP contribution in [0.2, 0.25) is 0 Å². The molecular formula is C10H16N6. The van der Waals surface area contributed by atoms with Crippen LogP contribution in [0.4, 0.5) is 11.6 Å². The number of H-pyrrole nitrogens is 1. The molecule has 0 aliphatic heterocycles. The van der Waals surface area contributed by atoms with Crippen molar-refractivity contribution in [2.45, 2.75) is 26.4 Å². The Morgan fingerprint density at radius 1 is 1.62 bits per heavy atom. The second-order valence-corrected chi connectivity index (χ2v) is 3.89. The van der Waals surface area contributed by atoms with Gasteiger partial charge < -0.3 is 20.6 Å². The summed E-state index contributed by atoms with van der Waals surface area (Å²) < 4.78 is 2.01. The monoisotopic (exact) mass is 220 g/mol. The molecule has 86 valence electrons. The van der Waals surface area contributed by atoms with Gasteiger partial charge >= 0.3 is 0 Å². The van der Waals surface area contributed by atoms with Gasteiger partial charge in [-0.05, 0) is 13.8 Å².